The summed E-state index contributed by atoms with van der Waals surface area (Å²) in [4.78, 5) is 0. The molecule has 8 unspecified atom stereocenters. The molecule has 0 aromatic heterocycles. The Kier molecular flexibility index (Phi) is 15.3. The Labute approximate surface area is 212 Å². The number of aliphatic hydroxyl groups is 6. The van der Waals surface area contributed by atoms with Crippen LogP contribution in [-0.4, -0.2) is 130 Å². The first kappa shape index (κ1) is 33.5. The van der Waals surface area contributed by atoms with Crippen molar-refractivity contribution in [2.75, 3.05) is 19.7 Å². The zero-order chi connectivity index (χ0) is 27.6. The second kappa shape index (κ2) is 16.4. The second-order valence-corrected chi connectivity index (χ2v) is 9.40. The smallest absolute Gasteiger partial charge is 0.197 e. The molecule has 14 nitrogen and oxygen atoms in total. The van der Waals surface area contributed by atoms with Gasteiger partial charge in [0.25, 0.3) is 0 Å². The maximum atomic E-state index is 10.8. The lowest BCUT2D eigenvalue weighted by Gasteiger charge is -2.34. The van der Waals surface area contributed by atoms with Crippen molar-refractivity contribution in [2.24, 2.45) is 17.2 Å². The van der Waals surface area contributed by atoms with E-state index in [2.05, 4.69) is 5.32 Å². The minimum atomic E-state index is -1.57. The highest BCUT2D eigenvalue weighted by atomic mass is 16.7. The molecule has 1 aliphatic rings. The zero-order valence-electron chi connectivity index (χ0n) is 21.6. The maximum Gasteiger partial charge on any atom is 0.197 e. The summed E-state index contributed by atoms with van der Waals surface area (Å²) in [6.45, 7) is 6.82. The summed E-state index contributed by atoms with van der Waals surface area (Å²) in [6, 6.07) is -1.20. The van der Waals surface area contributed by atoms with Gasteiger partial charge in [0.2, 0.25) is 0 Å². The van der Waals surface area contributed by atoms with Gasteiger partial charge in [0.05, 0.1) is 31.0 Å². The number of hydrogen-bond donors (Lipinski definition) is 10. The first-order valence-corrected chi connectivity index (χ1v) is 12.4. The molecule has 1 rings (SSSR count). The molecule has 0 spiro atoms. The van der Waals surface area contributed by atoms with Gasteiger partial charge >= 0.3 is 0 Å². The number of ether oxygens (including phenoxy) is 4. The average Bonchev–Trinajstić information content (AvgIpc) is 3.09. The molecule has 14 heteroatoms. The third kappa shape index (κ3) is 10.3. The summed E-state index contributed by atoms with van der Waals surface area (Å²) in [6.07, 6.45) is -11.3. The van der Waals surface area contributed by atoms with Gasteiger partial charge in [0, 0.05) is 18.6 Å². The molecule has 0 aromatic carbocycles. The molecule has 1 heterocycles. The van der Waals surface area contributed by atoms with E-state index in [1.807, 2.05) is 6.92 Å². The molecular formula is C22H48N4O10. The summed E-state index contributed by atoms with van der Waals surface area (Å²) in [7, 11) is 0. The van der Waals surface area contributed by atoms with Crippen molar-refractivity contribution in [1.82, 2.24) is 5.32 Å². The van der Waals surface area contributed by atoms with E-state index in [1.54, 1.807) is 6.92 Å². The van der Waals surface area contributed by atoms with Crippen LogP contribution in [-0.2, 0) is 18.9 Å². The van der Waals surface area contributed by atoms with Crippen LogP contribution >= 0.6 is 0 Å². The fourth-order valence-corrected chi connectivity index (χ4v) is 3.84. The highest BCUT2D eigenvalue weighted by Crippen LogP contribution is 2.22. The minimum Gasteiger partial charge on any atom is -0.391 e. The van der Waals surface area contributed by atoms with E-state index in [0.29, 0.717) is 6.54 Å². The largest absolute Gasteiger partial charge is 0.391 e. The van der Waals surface area contributed by atoms with Crippen LogP contribution in [0.3, 0.4) is 0 Å². The number of aliphatic hydroxyl groups excluding tert-OH is 6. The highest BCUT2D eigenvalue weighted by molar-refractivity contribution is 4.88. The minimum absolute atomic E-state index is 0.00541. The summed E-state index contributed by atoms with van der Waals surface area (Å²) >= 11 is 0. The molecule has 0 aliphatic carbocycles. The van der Waals surface area contributed by atoms with E-state index in [-0.39, 0.29) is 19.6 Å². The van der Waals surface area contributed by atoms with Crippen LogP contribution in [0.15, 0.2) is 0 Å². The van der Waals surface area contributed by atoms with Crippen molar-refractivity contribution in [3.63, 3.8) is 0 Å². The molecule has 1 aliphatic heterocycles. The molecule has 13 atom stereocenters. The van der Waals surface area contributed by atoms with Crippen LogP contribution < -0.4 is 22.5 Å². The van der Waals surface area contributed by atoms with Gasteiger partial charge in [0.15, 0.2) is 18.8 Å². The Morgan fingerprint density at radius 2 is 1.58 bits per heavy atom. The first-order valence-electron chi connectivity index (χ1n) is 12.4. The highest BCUT2D eigenvalue weighted by Gasteiger charge is 2.43. The molecule has 0 saturated carbocycles. The molecule has 0 aromatic rings. The summed E-state index contributed by atoms with van der Waals surface area (Å²) in [5.74, 6) is 0. The molecule has 0 radical (unpaired) electrons. The van der Waals surface area contributed by atoms with Crippen molar-refractivity contribution in [2.45, 2.75) is 120 Å². The quantitative estimate of drug-likeness (QED) is 0.0762. The molecule has 0 bridgehead atoms. The van der Waals surface area contributed by atoms with Gasteiger partial charge < -0.3 is 72.1 Å². The normalized spacial score (nSPS) is 30.2. The standard InChI is InChI=1S/C22H48N4O10/c1-5-6-26-14(15(29)9-33-21-18(31)17(30)16(8-23)35-21)7-13(24)12(4)34-22(20(25)32)36-19(10(2)27)11(3)28/h10-22,26-32H,5-9,23-25H2,1-4H3/t10-,11+,12-,13?,14?,15-,16?,17?,18?,19?,20-,21?,22?/m0/s1. The number of nitrogens with one attached hydrogen (secondary N) is 1. The Morgan fingerprint density at radius 3 is 2.06 bits per heavy atom. The van der Waals surface area contributed by atoms with Crippen LogP contribution in [0.1, 0.15) is 40.5 Å². The number of rotatable bonds is 18. The summed E-state index contributed by atoms with van der Waals surface area (Å²) in [5, 5.41) is 63.5. The third-order valence-electron chi connectivity index (χ3n) is 6.10. The van der Waals surface area contributed by atoms with Gasteiger partial charge in [0.1, 0.15) is 24.4 Å². The van der Waals surface area contributed by atoms with Crippen molar-refractivity contribution in [3.05, 3.63) is 0 Å². The lowest BCUT2D eigenvalue weighted by molar-refractivity contribution is -0.259. The lowest BCUT2D eigenvalue weighted by Crippen LogP contribution is -2.52. The van der Waals surface area contributed by atoms with Crippen molar-refractivity contribution >= 4 is 0 Å². The molecular weight excluding hydrogens is 480 g/mol. The Bertz CT molecular complexity index is 583. The van der Waals surface area contributed by atoms with Crippen molar-refractivity contribution in [3.8, 4) is 0 Å². The van der Waals surface area contributed by atoms with E-state index in [0.717, 1.165) is 6.42 Å². The topological polar surface area (TPSA) is 248 Å². The van der Waals surface area contributed by atoms with Crippen LogP contribution in [0.4, 0.5) is 0 Å². The van der Waals surface area contributed by atoms with Gasteiger partial charge in [-0.2, -0.15) is 0 Å². The van der Waals surface area contributed by atoms with E-state index >= 15 is 0 Å². The van der Waals surface area contributed by atoms with Crippen molar-refractivity contribution in [1.29, 1.82) is 0 Å². The van der Waals surface area contributed by atoms with Gasteiger partial charge in [-0.15, -0.1) is 0 Å². The van der Waals surface area contributed by atoms with Gasteiger partial charge in [-0.3, -0.25) is 0 Å². The average molecular weight is 529 g/mol. The Morgan fingerprint density at radius 1 is 0.972 bits per heavy atom. The summed E-state index contributed by atoms with van der Waals surface area (Å²) in [5.41, 5.74) is 17.4. The third-order valence-corrected chi connectivity index (χ3v) is 6.10. The van der Waals surface area contributed by atoms with Gasteiger partial charge in [-0.05, 0) is 40.2 Å². The van der Waals surface area contributed by atoms with Gasteiger partial charge in [-0.25, -0.2) is 0 Å². The number of nitrogens with two attached hydrogens (primary N) is 3. The SMILES string of the molecule is CCCNC(CC(N)[C@H](C)OC(OC([C@H](C)O)[C@@H](C)O)[C@@H](N)O)[C@@H](O)COC1OC(CN)C(O)C1O. The predicted octanol–water partition coefficient (Wildman–Crippen LogP) is -3.99. The summed E-state index contributed by atoms with van der Waals surface area (Å²) < 4.78 is 22.1. The zero-order valence-corrected chi connectivity index (χ0v) is 21.6. The van der Waals surface area contributed by atoms with E-state index in [1.165, 1.54) is 13.8 Å². The number of hydrogen-bond acceptors (Lipinski definition) is 14. The predicted molar refractivity (Wildman–Crippen MR) is 129 cm³/mol. The van der Waals surface area contributed by atoms with E-state index < -0.39 is 79.7 Å². The second-order valence-electron chi connectivity index (χ2n) is 9.40. The van der Waals surface area contributed by atoms with Crippen LogP contribution in [0.25, 0.3) is 0 Å². The van der Waals surface area contributed by atoms with Crippen LogP contribution in [0, 0.1) is 0 Å². The van der Waals surface area contributed by atoms with E-state index in [4.69, 9.17) is 36.1 Å². The van der Waals surface area contributed by atoms with Crippen LogP contribution in [0.2, 0.25) is 0 Å². The fourth-order valence-electron chi connectivity index (χ4n) is 3.84. The first-order chi connectivity index (χ1) is 16.8. The van der Waals surface area contributed by atoms with Crippen LogP contribution in [0.5, 0.6) is 0 Å². The van der Waals surface area contributed by atoms with Gasteiger partial charge in [-0.1, -0.05) is 6.92 Å². The van der Waals surface area contributed by atoms with Crippen molar-refractivity contribution < 1.29 is 49.6 Å². The molecule has 13 N–H and O–H groups in total. The lowest BCUT2D eigenvalue weighted by atomic mass is 9.99. The molecule has 36 heavy (non-hydrogen) atoms. The maximum absolute atomic E-state index is 10.8. The fraction of sp³-hybridized carbons (Fsp3) is 1.00. The van der Waals surface area contributed by atoms with E-state index in [9.17, 15) is 30.6 Å². The molecule has 216 valence electrons. The Hall–Kier alpha value is -0.560. The Balaban J connectivity index is 2.74. The molecule has 1 fully saturated rings. The molecule has 1 saturated heterocycles. The molecule has 0 amide bonds. The monoisotopic (exact) mass is 528 g/mol.